The summed E-state index contributed by atoms with van der Waals surface area (Å²) in [4.78, 5) is 0. The van der Waals surface area contributed by atoms with Gasteiger partial charge in [-0.25, -0.2) is 0 Å². The Morgan fingerprint density at radius 1 is 1.35 bits per heavy atom. The highest BCUT2D eigenvalue weighted by Gasteiger charge is 2.07. The van der Waals surface area contributed by atoms with Crippen LogP contribution in [-0.2, 0) is 0 Å². The lowest BCUT2D eigenvalue weighted by Crippen LogP contribution is -2.12. The van der Waals surface area contributed by atoms with Gasteiger partial charge in [0.05, 0.1) is 12.0 Å². The Labute approximate surface area is 105 Å². The first-order chi connectivity index (χ1) is 8.08. The van der Waals surface area contributed by atoms with E-state index in [0.717, 1.165) is 18.7 Å². The molecular formula is C15H22N2. The largest absolute Gasteiger partial charge is 0.384 e. The van der Waals surface area contributed by atoms with Gasteiger partial charge in [-0.15, -0.1) is 0 Å². The van der Waals surface area contributed by atoms with Crippen molar-refractivity contribution < 1.29 is 0 Å². The molecule has 1 rings (SSSR count). The Hall–Kier alpha value is -1.49. The van der Waals surface area contributed by atoms with Crippen LogP contribution in [0.25, 0.3) is 0 Å². The molecule has 0 radical (unpaired) electrons. The van der Waals surface area contributed by atoms with Crippen LogP contribution in [0.1, 0.15) is 44.2 Å². The molecule has 92 valence electrons. The average molecular weight is 230 g/mol. The molecule has 1 aromatic carbocycles. The molecule has 0 amide bonds. The summed E-state index contributed by atoms with van der Waals surface area (Å²) >= 11 is 0. The van der Waals surface area contributed by atoms with Gasteiger partial charge < -0.3 is 5.32 Å². The van der Waals surface area contributed by atoms with Crippen LogP contribution >= 0.6 is 0 Å². The molecule has 1 unspecified atom stereocenters. The highest BCUT2D eigenvalue weighted by Crippen LogP contribution is 2.22. The van der Waals surface area contributed by atoms with E-state index in [1.165, 1.54) is 11.1 Å². The van der Waals surface area contributed by atoms with E-state index in [1.807, 2.05) is 6.92 Å². The topological polar surface area (TPSA) is 35.8 Å². The molecule has 0 aliphatic rings. The summed E-state index contributed by atoms with van der Waals surface area (Å²) in [5, 5.41) is 12.3. The third-order valence-corrected chi connectivity index (χ3v) is 3.14. The van der Waals surface area contributed by atoms with Crippen LogP contribution in [0.3, 0.4) is 0 Å². The molecule has 17 heavy (non-hydrogen) atoms. The van der Waals surface area contributed by atoms with Crippen molar-refractivity contribution in [1.29, 1.82) is 5.26 Å². The monoisotopic (exact) mass is 230 g/mol. The van der Waals surface area contributed by atoms with Crippen molar-refractivity contribution >= 4 is 5.69 Å². The van der Waals surface area contributed by atoms with Gasteiger partial charge in [0.25, 0.3) is 0 Å². The van der Waals surface area contributed by atoms with Gasteiger partial charge in [-0.2, -0.15) is 5.26 Å². The summed E-state index contributed by atoms with van der Waals surface area (Å²) in [5.41, 5.74) is 3.73. The minimum Gasteiger partial charge on any atom is -0.384 e. The van der Waals surface area contributed by atoms with Crippen molar-refractivity contribution in [2.45, 2.75) is 40.0 Å². The third kappa shape index (κ3) is 3.78. The first-order valence-corrected chi connectivity index (χ1v) is 6.32. The molecule has 0 saturated carbocycles. The zero-order valence-electron chi connectivity index (χ0n) is 11.2. The molecule has 1 aromatic rings. The normalized spacial score (nSPS) is 12.2. The fraction of sp³-hybridized carbons (Fsp3) is 0.533. The Kier molecular flexibility index (Phi) is 5.03. The minimum atomic E-state index is 0.0945. The number of benzene rings is 1. The number of hydrogen-bond donors (Lipinski definition) is 1. The van der Waals surface area contributed by atoms with Crippen LogP contribution in [0, 0.1) is 24.2 Å². The molecule has 0 aromatic heterocycles. The molecule has 0 aliphatic heterocycles. The third-order valence-electron chi connectivity index (χ3n) is 3.14. The molecule has 0 saturated heterocycles. The Morgan fingerprint density at radius 3 is 2.59 bits per heavy atom. The quantitative estimate of drug-likeness (QED) is 0.827. The molecule has 2 heteroatoms. The summed E-state index contributed by atoms with van der Waals surface area (Å²) in [5.74, 6) is 0.631. The number of aryl methyl sites for hydroxylation is 1. The van der Waals surface area contributed by atoms with E-state index in [4.69, 9.17) is 5.26 Å². The van der Waals surface area contributed by atoms with Crippen molar-refractivity contribution in [3.63, 3.8) is 0 Å². The molecule has 0 fully saturated rings. The van der Waals surface area contributed by atoms with Crippen LogP contribution in [-0.4, -0.2) is 6.54 Å². The Morgan fingerprint density at radius 2 is 2.06 bits per heavy atom. The number of nitrogens with zero attached hydrogens (tertiary/aromatic N) is 1. The van der Waals surface area contributed by atoms with Crippen molar-refractivity contribution in [2.24, 2.45) is 5.92 Å². The van der Waals surface area contributed by atoms with Gasteiger partial charge in [-0.1, -0.05) is 32.9 Å². The second-order valence-electron chi connectivity index (χ2n) is 4.84. The fourth-order valence-corrected chi connectivity index (χ4v) is 1.70. The van der Waals surface area contributed by atoms with Gasteiger partial charge in [0.2, 0.25) is 0 Å². The van der Waals surface area contributed by atoms with E-state index in [0.29, 0.717) is 5.92 Å². The van der Waals surface area contributed by atoms with Crippen molar-refractivity contribution in [2.75, 3.05) is 11.9 Å². The first kappa shape index (κ1) is 13.6. The molecule has 0 aliphatic carbocycles. The minimum absolute atomic E-state index is 0.0945. The van der Waals surface area contributed by atoms with E-state index in [9.17, 15) is 0 Å². The molecule has 2 nitrogen and oxygen atoms in total. The van der Waals surface area contributed by atoms with Gasteiger partial charge >= 0.3 is 0 Å². The maximum Gasteiger partial charge on any atom is 0.0674 e. The molecular weight excluding hydrogens is 208 g/mol. The van der Waals surface area contributed by atoms with Gasteiger partial charge in [0.15, 0.2) is 0 Å². The van der Waals surface area contributed by atoms with E-state index in [2.05, 4.69) is 50.4 Å². The summed E-state index contributed by atoms with van der Waals surface area (Å²) in [6.07, 6.45) is 0.895. The lowest BCUT2D eigenvalue weighted by molar-refractivity contribution is 0.674. The Bertz CT molecular complexity index is 402. The zero-order valence-corrected chi connectivity index (χ0v) is 11.2. The SMILES string of the molecule is CCC(C#N)CNc1cc(C(C)C)ccc1C. The van der Waals surface area contributed by atoms with Gasteiger partial charge in [-0.05, 0) is 36.5 Å². The average Bonchev–Trinajstić information content (AvgIpc) is 2.32. The number of anilines is 1. The van der Waals surface area contributed by atoms with Crippen LogP contribution in [0.15, 0.2) is 18.2 Å². The first-order valence-electron chi connectivity index (χ1n) is 6.32. The lowest BCUT2D eigenvalue weighted by atomic mass is 10.0. The van der Waals surface area contributed by atoms with Crippen molar-refractivity contribution in [1.82, 2.24) is 0 Å². The number of nitriles is 1. The number of nitrogens with one attached hydrogen (secondary N) is 1. The van der Waals surface area contributed by atoms with Crippen LogP contribution < -0.4 is 5.32 Å². The molecule has 0 heterocycles. The lowest BCUT2D eigenvalue weighted by Gasteiger charge is -2.14. The molecule has 0 bridgehead atoms. The fourth-order valence-electron chi connectivity index (χ4n) is 1.70. The molecule has 1 N–H and O–H groups in total. The highest BCUT2D eigenvalue weighted by atomic mass is 14.9. The van der Waals surface area contributed by atoms with Crippen molar-refractivity contribution in [3.8, 4) is 6.07 Å². The number of rotatable bonds is 5. The predicted molar refractivity (Wildman–Crippen MR) is 73.2 cm³/mol. The zero-order chi connectivity index (χ0) is 12.8. The summed E-state index contributed by atoms with van der Waals surface area (Å²) in [6, 6.07) is 8.83. The maximum atomic E-state index is 8.93. The van der Waals surface area contributed by atoms with Crippen LogP contribution in [0.5, 0.6) is 0 Å². The highest BCUT2D eigenvalue weighted by molar-refractivity contribution is 5.53. The van der Waals surface area contributed by atoms with E-state index < -0.39 is 0 Å². The van der Waals surface area contributed by atoms with Gasteiger partial charge in [-0.3, -0.25) is 0 Å². The summed E-state index contributed by atoms with van der Waals surface area (Å²) in [6.45, 7) is 9.26. The predicted octanol–water partition coefficient (Wildman–Crippen LogP) is 4.08. The van der Waals surface area contributed by atoms with Crippen LogP contribution in [0.4, 0.5) is 5.69 Å². The van der Waals surface area contributed by atoms with E-state index in [1.54, 1.807) is 0 Å². The smallest absolute Gasteiger partial charge is 0.0674 e. The van der Waals surface area contributed by atoms with E-state index >= 15 is 0 Å². The summed E-state index contributed by atoms with van der Waals surface area (Å²) in [7, 11) is 0. The van der Waals surface area contributed by atoms with Gasteiger partial charge in [0.1, 0.15) is 0 Å². The van der Waals surface area contributed by atoms with Gasteiger partial charge in [0, 0.05) is 12.2 Å². The maximum absolute atomic E-state index is 8.93. The summed E-state index contributed by atoms with van der Waals surface area (Å²) < 4.78 is 0. The second kappa shape index (κ2) is 6.30. The molecule has 0 spiro atoms. The second-order valence-corrected chi connectivity index (χ2v) is 4.84. The van der Waals surface area contributed by atoms with Crippen molar-refractivity contribution in [3.05, 3.63) is 29.3 Å². The van der Waals surface area contributed by atoms with Crippen LogP contribution in [0.2, 0.25) is 0 Å². The standard InChI is InChI=1S/C15H22N2/c1-5-13(9-16)10-17-15-8-14(11(2)3)7-6-12(15)4/h6-8,11,13,17H,5,10H2,1-4H3. The number of hydrogen-bond acceptors (Lipinski definition) is 2. The Balaban J connectivity index is 2.76. The van der Waals surface area contributed by atoms with E-state index in [-0.39, 0.29) is 5.92 Å². The molecule has 1 atom stereocenters.